The Bertz CT molecular complexity index is 2170. The van der Waals surface area contributed by atoms with E-state index in [1.807, 2.05) is 45.5 Å². The Balaban J connectivity index is 0.000000177. The van der Waals surface area contributed by atoms with Crippen LogP contribution in [0, 0.1) is 5.92 Å². The monoisotopic (exact) mass is 859 g/mol. The lowest BCUT2D eigenvalue weighted by atomic mass is 9.99. The Morgan fingerprint density at radius 1 is 0.807 bits per heavy atom. The molecule has 4 aliphatic rings. The van der Waals surface area contributed by atoms with Crippen LogP contribution in [0.2, 0.25) is 0 Å². The molecule has 8 rings (SSSR count). The Morgan fingerprint density at radius 2 is 1.28 bits per heavy atom. The predicted molar refractivity (Wildman–Crippen MR) is 206 cm³/mol. The van der Waals surface area contributed by atoms with Gasteiger partial charge < -0.3 is 24.3 Å². The third-order valence-electron chi connectivity index (χ3n) is 10.3. The summed E-state index contributed by atoms with van der Waals surface area (Å²) in [5, 5.41) is 0. The number of nitrogens with two attached hydrogens (primary N) is 1. The first-order valence-electron chi connectivity index (χ1n) is 18.4. The molecule has 0 unspecified atom stereocenters. The minimum Gasteiger partial charge on any atom is -0.491 e. The number of hydrogen-bond acceptors (Lipinski definition) is 9. The van der Waals surface area contributed by atoms with Gasteiger partial charge in [-0.25, -0.2) is 27.5 Å². The van der Waals surface area contributed by atoms with Crippen LogP contribution >= 0.6 is 15.9 Å². The van der Waals surface area contributed by atoms with E-state index in [2.05, 4.69) is 25.9 Å². The van der Waals surface area contributed by atoms with E-state index in [9.17, 15) is 31.9 Å². The van der Waals surface area contributed by atoms with Crippen molar-refractivity contribution in [3.8, 4) is 34.3 Å². The van der Waals surface area contributed by atoms with E-state index in [1.165, 1.54) is 0 Å². The van der Waals surface area contributed by atoms with Crippen molar-refractivity contribution in [2.75, 3.05) is 63.3 Å². The summed E-state index contributed by atoms with van der Waals surface area (Å²) in [6.45, 7) is 3.89. The van der Waals surface area contributed by atoms with Crippen LogP contribution in [0.25, 0.3) is 22.8 Å². The largest absolute Gasteiger partial charge is 0.491 e. The Labute approximate surface area is 334 Å². The van der Waals surface area contributed by atoms with E-state index >= 15 is 0 Å². The lowest BCUT2D eigenvalue weighted by Gasteiger charge is -2.37. The first kappa shape index (κ1) is 40.2. The quantitative estimate of drug-likeness (QED) is 0.272. The summed E-state index contributed by atoms with van der Waals surface area (Å²) in [5.41, 5.74) is 7.74. The van der Waals surface area contributed by atoms with Crippen LogP contribution in [0.3, 0.4) is 0 Å². The number of halogens is 5. The molecule has 0 bridgehead atoms. The van der Waals surface area contributed by atoms with Crippen molar-refractivity contribution >= 4 is 45.3 Å². The highest BCUT2D eigenvalue weighted by atomic mass is 79.9. The molecule has 304 valence electrons. The second-order valence-electron chi connectivity index (χ2n) is 14.6. The van der Waals surface area contributed by atoms with Crippen molar-refractivity contribution < 1.29 is 41.4 Å². The van der Waals surface area contributed by atoms with Crippen LogP contribution in [0.15, 0.2) is 53.3 Å². The maximum absolute atomic E-state index is 13.7. The Kier molecular flexibility index (Phi) is 11.6. The molecule has 3 atom stereocenters. The molecule has 4 aromatic rings. The van der Waals surface area contributed by atoms with Crippen molar-refractivity contribution in [3.63, 3.8) is 0 Å². The maximum Gasteiger partial charge on any atom is 0.260 e. The molecule has 57 heavy (non-hydrogen) atoms. The molecule has 0 radical (unpaired) electrons. The number of fused-ring (bicyclic) bond motifs is 6. The summed E-state index contributed by atoms with van der Waals surface area (Å²) in [6.07, 6.45) is -1.55. The van der Waals surface area contributed by atoms with Gasteiger partial charge in [0.05, 0.1) is 37.3 Å². The van der Waals surface area contributed by atoms with Gasteiger partial charge in [-0.2, -0.15) is 0 Å². The fourth-order valence-electron chi connectivity index (χ4n) is 7.46. The molecule has 2 fully saturated rings. The minimum atomic E-state index is -2.68. The molecule has 19 heteroatoms. The van der Waals surface area contributed by atoms with Crippen LogP contribution in [-0.2, 0) is 33.9 Å². The molecule has 2 saturated heterocycles. The van der Waals surface area contributed by atoms with Crippen LogP contribution < -0.4 is 25.0 Å². The number of primary amides is 1. The Hall–Kier alpha value is -5.01. The van der Waals surface area contributed by atoms with Gasteiger partial charge in [-0.05, 0) is 56.4 Å². The highest BCUT2D eigenvalue weighted by Gasteiger charge is 2.41. The number of benzene rings is 2. The van der Waals surface area contributed by atoms with E-state index in [0.717, 1.165) is 25.4 Å². The molecular weight excluding hydrogens is 818 g/mol. The number of alkyl halides is 4. The van der Waals surface area contributed by atoms with Gasteiger partial charge in [0, 0.05) is 35.9 Å². The first-order valence-corrected chi connectivity index (χ1v) is 19.2. The number of amides is 3. The van der Waals surface area contributed by atoms with E-state index < -0.39 is 30.8 Å². The van der Waals surface area contributed by atoms with Crippen molar-refractivity contribution in [1.29, 1.82) is 0 Å². The van der Waals surface area contributed by atoms with Crippen LogP contribution in [0.1, 0.15) is 12.5 Å². The summed E-state index contributed by atoms with van der Waals surface area (Å²) < 4.78 is 70.7. The maximum atomic E-state index is 13.7. The number of likely N-dealkylation sites (N-methyl/N-ethyl adjacent to an activating group) is 2. The molecule has 0 saturated carbocycles. The molecule has 0 aliphatic carbocycles. The predicted octanol–water partition coefficient (Wildman–Crippen LogP) is 4.14. The normalized spacial score (nSPS) is 20.3. The van der Waals surface area contributed by atoms with E-state index in [0.29, 0.717) is 61.4 Å². The lowest BCUT2D eigenvalue weighted by molar-refractivity contribution is -0.124. The van der Waals surface area contributed by atoms with Gasteiger partial charge in [-0.15, -0.1) is 0 Å². The standard InChI is InChI=1S/C21H25F2N5O3.C17H17BrF2N4O2/c1-12(20(24)30)7-13-3-4-14-16(8-13)31-6-5-27-10-17(25-21(14)27)28-15(19(22)23)9-26(2)11-18(28)29;1-22-7-12(16(19)20)24(15(25)9-22)14-8-23-4-5-26-13-6-10(18)2-3-11(13)17(23)21-14/h3-4,8,10,12,15,19H,5-7,9,11H2,1-2H3,(H2,24,30);2-3,6,8,12,16H,4-5,7,9H2,1H3/t12-,15+;12-/m10/s1. The molecular formula is C38H42BrF4N9O5. The smallest absolute Gasteiger partial charge is 0.260 e. The van der Waals surface area contributed by atoms with Gasteiger partial charge in [-0.3, -0.25) is 34.0 Å². The topological polar surface area (TPSA) is 144 Å². The number of carbonyl (C=O) groups is 3. The van der Waals surface area contributed by atoms with E-state index in [1.54, 1.807) is 43.2 Å². The number of rotatable bonds is 7. The molecule has 2 N–H and O–H groups in total. The average Bonchev–Trinajstić information content (AvgIpc) is 3.66. The van der Waals surface area contributed by atoms with Gasteiger partial charge in [0.25, 0.3) is 12.9 Å². The van der Waals surface area contributed by atoms with E-state index in [-0.39, 0.29) is 55.5 Å². The molecule has 4 aliphatic heterocycles. The molecule has 0 spiro atoms. The number of aromatic nitrogens is 4. The summed E-state index contributed by atoms with van der Waals surface area (Å²) >= 11 is 3.41. The van der Waals surface area contributed by atoms with Crippen LogP contribution in [0.5, 0.6) is 11.5 Å². The minimum absolute atomic E-state index is 0.0620. The molecule has 14 nitrogen and oxygen atoms in total. The summed E-state index contributed by atoms with van der Waals surface area (Å²) in [5.74, 6) is 1.46. The average molecular weight is 861 g/mol. The first-order chi connectivity index (χ1) is 27.2. The highest BCUT2D eigenvalue weighted by molar-refractivity contribution is 9.10. The SMILES string of the molecule is CN1CC(=O)N(c2cn3c(n2)-c2ccc(Br)cc2OCC3)[C@H](C(F)F)C1.C[C@H](Cc1ccc2c(c1)OCCn1cc(N3C(=O)CN(C)C[C@H]3C(F)F)nc1-2)C(N)=O. The molecule has 3 amide bonds. The van der Waals surface area contributed by atoms with Crippen molar-refractivity contribution in [2.24, 2.45) is 11.7 Å². The highest BCUT2D eigenvalue weighted by Crippen LogP contribution is 2.38. The number of ether oxygens (including phenoxy) is 2. The fourth-order valence-corrected chi connectivity index (χ4v) is 7.80. The van der Waals surface area contributed by atoms with Crippen LogP contribution in [-0.4, -0.2) is 125 Å². The third-order valence-corrected chi connectivity index (χ3v) is 10.8. The zero-order valence-electron chi connectivity index (χ0n) is 31.5. The number of piperazine rings is 2. The number of carbonyl (C=O) groups excluding carboxylic acids is 3. The summed E-state index contributed by atoms with van der Waals surface area (Å²) in [4.78, 5) is 51.0. The lowest BCUT2D eigenvalue weighted by Crippen LogP contribution is -2.58. The zero-order chi connectivity index (χ0) is 40.7. The summed E-state index contributed by atoms with van der Waals surface area (Å²) in [6, 6.07) is 8.68. The molecule has 2 aromatic carbocycles. The van der Waals surface area contributed by atoms with Gasteiger partial charge in [0.2, 0.25) is 17.7 Å². The van der Waals surface area contributed by atoms with Gasteiger partial charge >= 0.3 is 0 Å². The number of hydrogen-bond donors (Lipinski definition) is 1. The summed E-state index contributed by atoms with van der Waals surface area (Å²) in [7, 11) is 3.32. The Morgan fingerprint density at radius 3 is 1.75 bits per heavy atom. The van der Waals surface area contributed by atoms with Crippen molar-refractivity contribution in [3.05, 3.63) is 58.8 Å². The van der Waals surface area contributed by atoms with Crippen LogP contribution in [0.4, 0.5) is 29.2 Å². The fraction of sp³-hybridized carbons (Fsp3) is 0.447. The van der Waals surface area contributed by atoms with Gasteiger partial charge in [0.1, 0.15) is 48.4 Å². The second kappa shape index (κ2) is 16.5. The second-order valence-corrected chi connectivity index (χ2v) is 15.5. The van der Waals surface area contributed by atoms with Crippen molar-refractivity contribution in [1.82, 2.24) is 28.9 Å². The van der Waals surface area contributed by atoms with E-state index in [4.69, 9.17) is 15.2 Å². The number of nitrogens with zero attached hydrogens (tertiary/aromatic N) is 8. The van der Waals surface area contributed by atoms with Gasteiger partial charge in [0.15, 0.2) is 11.6 Å². The number of anilines is 2. The third kappa shape index (κ3) is 8.36. The van der Waals surface area contributed by atoms with Gasteiger partial charge in [-0.1, -0.05) is 28.9 Å². The molecule has 2 aromatic heterocycles. The number of imidazole rings is 2. The zero-order valence-corrected chi connectivity index (χ0v) is 33.0. The molecule has 6 heterocycles. The van der Waals surface area contributed by atoms with Crippen molar-refractivity contribution in [2.45, 2.75) is 51.4 Å².